The maximum absolute atomic E-state index is 13.9. The number of likely N-dealkylation sites (tertiary alicyclic amines) is 1. The summed E-state index contributed by atoms with van der Waals surface area (Å²) < 4.78 is 27.9. The van der Waals surface area contributed by atoms with Gasteiger partial charge >= 0.3 is 6.09 Å². The van der Waals surface area contributed by atoms with Gasteiger partial charge in [-0.05, 0) is 63.6 Å². The summed E-state index contributed by atoms with van der Waals surface area (Å²) in [6, 6.07) is 3.54. The number of benzene rings is 1. The Balaban J connectivity index is 1.44. The highest BCUT2D eigenvalue weighted by Gasteiger charge is 2.54. The van der Waals surface area contributed by atoms with Gasteiger partial charge in [-0.25, -0.2) is 13.6 Å². The second-order valence-corrected chi connectivity index (χ2v) is 8.92. The van der Waals surface area contributed by atoms with E-state index in [1.165, 1.54) is 6.07 Å². The lowest BCUT2D eigenvalue weighted by molar-refractivity contribution is -0.00184. The first-order valence-corrected chi connectivity index (χ1v) is 10.9. The normalized spacial score (nSPS) is 31.6. The van der Waals surface area contributed by atoms with E-state index >= 15 is 0 Å². The minimum atomic E-state index is -0.859. The zero-order valence-corrected chi connectivity index (χ0v) is 17.2. The van der Waals surface area contributed by atoms with Gasteiger partial charge in [0.05, 0.1) is 0 Å². The third-order valence-electron chi connectivity index (χ3n) is 7.34. The molecule has 3 saturated heterocycles. The lowest BCUT2D eigenvalue weighted by Crippen LogP contribution is -2.61. The molecule has 6 nitrogen and oxygen atoms in total. The molecule has 3 heterocycles. The Bertz CT molecular complexity index is 816. The number of hydrogen-bond donors (Lipinski definition) is 2. The molecule has 3 aliphatic heterocycles. The van der Waals surface area contributed by atoms with E-state index in [0.29, 0.717) is 6.54 Å². The van der Waals surface area contributed by atoms with Crippen molar-refractivity contribution in [3.63, 3.8) is 0 Å². The van der Waals surface area contributed by atoms with Gasteiger partial charge in [-0.1, -0.05) is 13.0 Å². The van der Waals surface area contributed by atoms with Gasteiger partial charge in [0.1, 0.15) is 17.2 Å². The van der Waals surface area contributed by atoms with Crippen molar-refractivity contribution in [1.29, 1.82) is 0 Å². The average molecular weight is 421 g/mol. The third kappa shape index (κ3) is 3.66. The first-order chi connectivity index (χ1) is 14.3. The van der Waals surface area contributed by atoms with Gasteiger partial charge < -0.3 is 10.4 Å². The average Bonchev–Trinajstić information content (AvgIpc) is 2.95. The zero-order chi connectivity index (χ0) is 21.5. The van der Waals surface area contributed by atoms with Crippen LogP contribution >= 0.6 is 0 Å². The first-order valence-electron chi connectivity index (χ1n) is 10.9. The van der Waals surface area contributed by atoms with E-state index in [0.717, 1.165) is 63.6 Å². The summed E-state index contributed by atoms with van der Waals surface area (Å²) in [5.74, 6) is -2.44. The van der Waals surface area contributed by atoms with Crippen LogP contribution in [0.5, 0.6) is 0 Å². The number of piperidine rings is 2. The first kappa shape index (κ1) is 21.0. The quantitative estimate of drug-likeness (QED) is 0.779. The molecule has 164 valence electrons. The van der Waals surface area contributed by atoms with Gasteiger partial charge in [-0.15, -0.1) is 0 Å². The number of carbonyl (C=O) groups is 2. The fraction of sp³-hybridized carbons (Fsp3) is 0.636. The van der Waals surface area contributed by atoms with Crippen LogP contribution in [0, 0.1) is 11.6 Å². The van der Waals surface area contributed by atoms with Crippen LogP contribution in [0.25, 0.3) is 0 Å². The van der Waals surface area contributed by atoms with E-state index in [4.69, 9.17) is 0 Å². The van der Waals surface area contributed by atoms with Crippen molar-refractivity contribution < 1.29 is 23.5 Å². The van der Waals surface area contributed by atoms with E-state index in [9.17, 15) is 23.5 Å². The number of hydrogen-bond acceptors (Lipinski definition) is 3. The van der Waals surface area contributed by atoms with Gasteiger partial charge in [0.25, 0.3) is 5.91 Å². The van der Waals surface area contributed by atoms with Crippen molar-refractivity contribution in [3.8, 4) is 0 Å². The molecule has 3 aliphatic rings. The van der Waals surface area contributed by atoms with Crippen molar-refractivity contribution >= 4 is 12.0 Å². The van der Waals surface area contributed by atoms with Gasteiger partial charge in [0.2, 0.25) is 0 Å². The van der Waals surface area contributed by atoms with Crippen LogP contribution in [0.1, 0.15) is 62.2 Å². The SMILES string of the molecule is CCC12CCC(CC(N3CCCC(NC(=O)c4c(F)cccc4F)C3)C1)N2C(=O)O. The maximum atomic E-state index is 13.9. The van der Waals surface area contributed by atoms with E-state index < -0.39 is 29.2 Å². The molecule has 8 heteroatoms. The highest BCUT2D eigenvalue weighted by molar-refractivity contribution is 5.94. The van der Waals surface area contributed by atoms with Crippen molar-refractivity contribution in [2.75, 3.05) is 13.1 Å². The van der Waals surface area contributed by atoms with E-state index in [1.807, 2.05) is 0 Å². The number of nitrogens with zero attached hydrogens (tertiary/aromatic N) is 2. The fourth-order valence-electron chi connectivity index (χ4n) is 5.89. The molecule has 2 amide bonds. The van der Waals surface area contributed by atoms with Gasteiger partial charge in [-0.3, -0.25) is 14.6 Å². The summed E-state index contributed by atoms with van der Waals surface area (Å²) in [6.45, 7) is 3.57. The number of fused-ring (bicyclic) bond motifs is 2. The van der Waals surface area contributed by atoms with Crippen LogP contribution in [0.2, 0.25) is 0 Å². The summed E-state index contributed by atoms with van der Waals surface area (Å²) in [5.41, 5.74) is -0.835. The van der Waals surface area contributed by atoms with Gasteiger partial charge in [0, 0.05) is 30.2 Å². The molecular formula is C22H29F2N3O3. The molecule has 4 rings (SSSR count). The summed E-state index contributed by atoms with van der Waals surface area (Å²) >= 11 is 0. The topological polar surface area (TPSA) is 72.9 Å². The molecule has 0 aliphatic carbocycles. The fourth-order valence-corrected chi connectivity index (χ4v) is 5.89. The van der Waals surface area contributed by atoms with Crippen LogP contribution in [0.15, 0.2) is 18.2 Å². The Kier molecular flexibility index (Phi) is 5.70. The molecule has 2 bridgehead atoms. The Morgan fingerprint density at radius 1 is 1.23 bits per heavy atom. The zero-order valence-electron chi connectivity index (χ0n) is 17.2. The monoisotopic (exact) mass is 421 g/mol. The minimum Gasteiger partial charge on any atom is -0.465 e. The molecule has 1 aromatic carbocycles. The van der Waals surface area contributed by atoms with Crippen molar-refractivity contribution in [2.45, 2.75) is 75.5 Å². The Labute approximate surface area is 175 Å². The molecular weight excluding hydrogens is 392 g/mol. The van der Waals surface area contributed by atoms with Crippen LogP contribution in [0.3, 0.4) is 0 Å². The molecule has 2 N–H and O–H groups in total. The summed E-state index contributed by atoms with van der Waals surface area (Å²) in [7, 11) is 0. The number of amides is 2. The minimum absolute atomic E-state index is 0.0451. The largest absolute Gasteiger partial charge is 0.465 e. The number of halogens is 2. The molecule has 0 saturated carbocycles. The molecule has 4 atom stereocenters. The summed E-state index contributed by atoms with van der Waals surface area (Å²) in [6.07, 6.45) is 5.02. The van der Waals surface area contributed by atoms with Crippen LogP contribution in [-0.2, 0) is 0 Å². The van der Waals surface area contributed by atoms with Crippen molar-refractivity contribution in [1.82, 2.24) is 15.1 Å². The second kappa shape index (κ2) is 8.13. The number of carbonyl (C=O) groups excluding carboxylic acids is 1. The predicted octanol–water partition coefficient (Wildman–Crippen LogP) is 3.61. The smallest absolute Gasteiger partial charge is 0.408 e. The van der Waals surface area contributed by atoms with Gasteiger partial charge in [-0.2, -0.15) is 0 Å². The highest BCUT2D eigenvalue weighted by atomic mass is 19.1. The molecule has 4 unspecified atom stereocenters. The standard InChI is InChI=1S/C22H29F2N3O3/c1-2-22-9-8-15(27(22)21(29)30)11-16(12-22)26-10-4-5-14(13-26)25-20(28)19-17(23)6-3-7-18(19)24/h3,6-7,14-16H,2,4-5,8-13H2,1H3,(H,25,28)(H,29,30). The Hall–Kier alpha value is -2.22. The number of rotatable bonds is 4. The van der Waals surface area contributed by atoms with E-state index in [1.54, 1.807) is 4.90 Å². The van der Waals surface area contributed by atoms with Gasteiger partial charge in [0.15, 0.2) is 0 Å². The number of carboxylic acid groups (broad SMARTS) is 1. The molecule has 0 radical (unpaired) electrons. The highest BCUT2D eigenvalue weighted by Crippen LogP contribution is 2.47. The lowest BCUT2D eigenvalue weighted by atomic mass is 9.82. The molecule has 30 heavy (non-hydrogen) atoms. The van der Waals surface area contributed by atoms with Crippen LogP contribution in [0.4, 0.5) is 13.6 Å². The van der Waals surface area contributed by atoms with E-state index in [-0.39, 0.29) is 23.7 Å². The molecule has 0 spiro atoms. The summed E-state index contributed by atoms with van der Waals surface area (Å²) in [4.78, 5) is 28.3. The molecule has 3 fully saturated rings. The predicted molar refractivity (Wildman–Crippen MR) is 107 cm³/mol. The van der Waals surface area contributed by atoms with E-state index in [2.05, 4.69) is 17.1 Å². The van der Waals surface area contributed by atoms with Crippen molar-refractivity contribution in [3.05, 3.63) is 35.4 Å². The third-order valence-corrected chi connectivity index (χ3v) is 7.34. The Morgan fingerprint density at radius 2 is 1.97 bits per heavy atom. The summed E-state index contributed by atoms with van der Waals surface area (Å²) in [5, 5.41) is 12.5. The number of nitrogens with one attached hydrogen (secondary N) is 1. The Morgan fingerprint density at radius 3 is 2.63 bits per heavy atom. The van der Waals surface area contributed by atoms with Crippen molar-refractivity contribution in [2.24, 2.45) is 0 Å². The maximum Gasteiger partial charge on any atom is 0.408 e. The molecule has 0 aromatic heterocycles. The molecule has 1 aromatic rings. The lowest BCUT2D eigenvalue weighted by Gasteiger charge is -2.50. The van der Waals surface area contributed by atoms with Crippen LogP contribution < -0.4 is 5.32 Å². The second-order valence-electron chi connectivity index (χ2n) is 8.92. The van der Waals surface area contributed by atoms with Crippen LogP contribution in [-0.4, -0.2) is 63.7 Å².